The molecular weight excluding hydrogens is 293 g/mol. The number of alkyl halides is 3. The fourth-order valence-corrected chi connectivity index (χ4v) is 2.45. The molecule has 0 atom stereocenters. The summed E-state index contributed by atoms with van der Waals surface area (Å²) in [6.45, 7) is 0. The molecule has 98 valence electrons. The highest BCUT2D eigenvalue weighted by molar-refractivity contribution is 7.93. The smallest absolute Gasteiger partial charge is 0.430 e. The van der Waals surface area contributed by atoms with E-state index in [1.54, 1.807) is 0 Å². The molecule has 2 rings (SSSR count). The third-order valence-corrected chi connectivity index (χ3v) is 3.83. The van der Waals surface area contributed by atoms with Gasteiger partial charge in [0.25, 0.3) is 4.87 Å². The van der Waals surface area contributed by atoms with Crippen molar-refractivity contribution in [2.45, 2.75) is 5.51 Å². The van der Waals surface area contributed by atoms with Crippen molar-refractivity contribution in [2.24, 2.45) is 0 Å². The molecule has 1 aromatic carbocycles. The van der Waals surface area contributed by atoms with Crippen molar-refractivity contribution in [1.29, 1.82) is 5.41 Å². The lowest BCUT2D eigenvalue weighted by molar-refractivity contribution is -0.0429. The minimum Gasteiger partial charge on any atom is -0.430 e. The summed E-state index contributed by atoms with van der Waals surface area (Å²) in [6.07, 6.45) is 0. The Hall–Kier alpha value is -1.55. The monoisotopic (exact) mass is 298 g/mol. The van der Waals surface area contributed by atoms with Crippen molar-refractivity contribution in [2.75, 3.05) is 4.72 Å². The quantitative estimate of drug-likeness (QED) is 0.892. The van der Waals surface area contributed by atoms with E-state index in [-0.39, 0.29) is 10.6 Å². The van der Waals surface area contributed by atoms with Gasteiger partial charge in [0.1, 0.15) is 5.58 Å². The van der Waals surface area contributed by atoms with Crippen LogP contribution in [0, 0.1) is 5.41 Å². The predicted octanol–water partition coefficient (Wildman–Crippen LogP) is 2.24. The number of halogens is 3. The van der Waals surface area contributed by atoms with Gasteiger partial charge in [0.05, 0.1) is 10.4 Å². The second-order valence-corrected chi connectivity index (χ2v) is 5.89. The standard InChI is InChI=1S/C8H5F3N2O3S2/c9-8(10,11)18(14,15)13-4-1-2-5-6(3-4)17-7(12)16-5/h1-3,12-13H. The van der Waals surface area contributed by atoms with Crippen LogP contribution in [0.4, 0.5) is 18.9 Å². The first kappa shape index (κ1) is 12.9. The zero-order valence-electron chi connectivity index (χ0n) is 8.41. The van der Waals surface area contributed by atoms with Crippen LogP contribution < -0.4 is 9.59 Å². The molecule has 0 unspecified atom stereocenters. The summed E-state index contributed by atoms with van der Waals surface area (Å²) in [5.41, 5.74) is -5.31. The van der Waals surface area contributed by atoms with Crippen LogP contribution in [-0.4, -0.2) is 13.9 Å². The molecule has 0 aliphatic rings. The van der Waals surface area contributed by atoms with Crippen LogP contribution >= 0.6 is 11.3 Å². The highest BCUT2D eigenvalue weighted by Crippen LogP contribution is 2.27. The Morgan fingerprint density at radius 2 is 2.00 bits per heavy atom. The molecule has 5 nitrogen and oxygen atoms in total. The Balaban J connectivity index is 2.41. The third-order valence-electron chi connectivity index (χ3n) is 1.91. The van der Waals surface area contributed by atoms with Gasteiger partial charge in [0.2, 0.25) is 0 Å². The fourth-order valence-electron chi connectivity index (χ4n) is 1.17. The first-order chi connectivity index (χ1) is 8.19. The second-order valence-electron chi connectivity index (χ2n) is 3.20. The molecule has 0 aliphatic carbocycles. The Bertz CT molecular complexity index is 745. The van der Waals surface area contributed by atoms with E-state index in [4.69, 9.17) is 9.83 Å². The molecule has 0 fully saturated rings. The van der Waals surface area contributed by atoms with Crippen LogP contribution in [0.25, 0.3) is 10.3 Å². The van der Waals surface area contributed by atoms with E-state index in [1.807, 2.05) is 0 Å². The van der Waals surface area contributed by atoms with Gasteiger partial charge in [-0.25, -0.2) is 0 Å². The molecule has 0 saturated heterocycles. The Morgan fingerprint density at radius 1 is 1.33 bits per heavy atom. The van der Waals surface area contributed by atoms with Crippen molar-refractivity contribution in [3.8, 4) is 0 Å². The van der Waals surface area contributed by atoms with Crippen molar-refractivity contribution >= 4 is 37.3 Å². The molecule has 0 saturated carbocycles. The van der Waals surface area contributed by atoms with Gasteiger partial charge in [0.15, 0.2) is 0 Å². The summed E-state index contributed by atoms with van der Waals surface area (Å²) in [4.78, 5) is -0.124. The second kappa shape index (κ2) is 3.99. The normalized spacial score (nSPS) is 12.8. The largest absolute Gasteiger partial charge is 0.516 e. The molecule has 0 aliphatic heterocycles. The molecule has 2 aromatic rings. The Kier molecular flexibility index (Phi) is 2.86. The minimum atomic E-state index is -5.44. The topological polar surface area (TPSA) is 83.2 Å². The predicted molar refractivity (Wildman–Crippen MR) is 58.5 cm³/mol. The molecule has 2 N–H and O–H groups in total. The van der Waals surface area contributed by atoms with Gasteiger partial charge in [-0.05, 0) is 18.2 Å². The Morgan fingerprint density at radius 3 is 2.61 bits per heavy atom. The first-order valence-electron chi connectivity index (χ1n) is 4.36. The number of fused-ring (bicyclic) bond motifs is 1. The maximum Gasteiger partial charge on any atom is 0.516 e. The molecule has 18 heavy (non-hydrogen) atoms. The number of benzene rings is 1. The van der Waals surface area contributed by atoms with Gasteiger partial charge in [-0.15, -0.1) is 0 Å². The lowest BCUT2D eigenvalue weighted by atomic mass is 10.3. The van der Waals surface area contributed by atoms with E-state index in [9.17, 15) is 21.6 Å². The van der Waals surface area contributed by atoms with Crippen LogP contribution in [0.2, 0.25) is 0 Å². The summed E-state index contributed by atoms with van der Waals surface area (Å²) in [5.74, 6) is 0. The van der Waals surface area contributed by atoms with Gasteiger partial charge in [-0.3, -0.25) is 10.1 Å². The summed E-state index contributed by atoms with van der Waals surface area (Å²) < 4.78 is 64.9. The van der Waals surface area contributed by atoms with Crippen molar-refractivity contribution in [3.63, 3.8) is 0 Å². The first-order valence-corrected chi connectivity index (χ1v) is 6.66. The summed E-state index contributed by atoms with van der Waals surface area (Å²) in [7, 11) is -5.44. The van der Waals surface area contributed by atoms with Gasteiger partial charge >= 0.3 is 15.5 Å². The molecule has 0 bridgehead atoms. The van der Waals surface area contributed by atoms with Crippen LogP contribution in [0.1, 0.15) is 0 Å². The van der Waals surface area contributed by atoms with Crippen LogP contribution in [-0.2, 0) is 10.0 Å². The van der Waals surface area contributed by atoms with E-state index in [2.05, 4.69) is 0 Å². The number of sulfonamides is 1. The molecule has 0 spiro atoms. The molecular formula is C8H5F3N2O3S2. The number of hydrogen-bond acceptors (Lipinski definition) is 5. The van der Waals surface area contributed by atoms with Gasteiger partial charge in [0, 0.05) is 0 Å². The molecule has 0 amide bonds. The van der Waals surface area contributed by atoms with E-state index in [0.29, 0.717) is 10.3 Å². The minimum absolute atomic E-state index is 0.124. The zero-order valence-corrected chi connectivity index (χ0v) is 10.0. The summed E-state index contributed by atoms with van der Waals surface area (Å²) in [5, 5.41) is 7.21. The van der Waals surface area contributed by atoms with Crippen molar-refractivity contribution < 1.29 is 26.0 Å². The fraction of sp³-hybridized carbons (Fsp3) is 0.125. The molecule has 1 aromatic heterocycles. The van der Waals surface area contributed by atoms with Crippen molar-refractivity contribution in [1.82, 2.24) is 0 Å². The number of rotatable bonds is 2. The van der Waals surface area contributed by atoms with Gasteiger partial charge < -0.3 is 4.42 Å². The lowest BCUT2D eigenvalue weighted by Gasteiger charge is -2.09. The maximum atomic E-state index is 12.1. The van der Waals surface area contributed by atoms with Crippen LogP contribution in [0.15, 0.2) is 22.6 Å². The third kappa shape index (κ3) is 2.34. The SMILES string of the molecule is N=c1oc2ccc(NS(=O)(=O)C(F)(F)F)cc2s1. The number of nitrogens with one attached hydrogen (secondary N) is 2. The zero-order chi connectivity index (χ0) is 13.6. The maximum absolute atomic E-state index is 12.1. The van der Waals surface area contributed by atoms with E-state index >= 15 is 0 Å². The van der Waals surface area contributed by atoms with Crippen LogP contribution in [0.5, 0.6) is 0 Å². The molecule has 10 heteroatoms. The average molecular weight is 298 g/mol. The van der Waals surface area contributed by atoms with Gasteiger partial charge in [-0.1, -0.05) is 11.3 Å². The summed E-state index contributed by atoms with van der Waals surface area (Å²) in [6, 6.07) is 3.59. The number of anilines is 1. The van der Waals surface area contributed by atoms with Crippen LogP contribution in [0.3, 0.4) is 0 Å². The average Bonchev–Trinajstić information content (AvgIpc) is 2.54. The Labute approximate surface area is 102 Å². The molecule has 1 heterocycles. The van der Waals surface area contributed by atoms with E-state index in [1.165, 1.54) is 16.9 Å². The molecule has 0 radical (unpaired) electrons. The van der Waals surface area contributed by atoms with Crippen molar-refractivity contribution in [3.05, 3.63) is 23.1 Å². The van der Waals surface area contributed by atoms with E-state index < -0.39 is 15.5 Å². The number of hydrogen-bond donors (Lipinski definition) is 2. The van der Waals surface area contributed by atoms with E-state index in [0.717, 1.165) is 17.4 Å². The highest BCUT2D eigenvalue weighted by atomic mass is 32.2. The summed E-state index contributed by atoms with van der Waals surface area (Å²) >= 11 is 0.884. The lowest BCUT2D eigenvalue weighted by Crippen LogP contribution is -2.29. The van der Waals surface area contributed by atoms with Gasteiger partial charge in [-0.2, -0.15) is 21.6 Å². The highest BCUT2D eigenvalue weighted by Gasteiger charge is 2.46.